The van der Waals surface area contributed by atoms with Gasteiger partial charge in [0.05, 0.1) is 29.0 Å². The Bertz CT molecular complexity index is 1920. The lowest BCUT2D eigenvalue weighted by Gasteiger charge is -2.31. The van der Waals surface area contributed by atoms with Crippen LogP contribution in [0, 0.1) is 5.41 Å². The molecule has 86 heavy (non-hydrogen) atoms. The Morgan fingerprint density at radius 1 is 0.465 bits per heavy atom. The van der Waals surface area contributed by atoms with Crippen molar-refractivity contribution in [1.82, 2.24) is 46.7 Å². The van der Waals surface area contributed by atoms with Crippen molar-refractivity contribution in [3.05, 3.63) is 18.7 Å². The average molecular weight is 1220 g/mol. The molecule has 2 rings (SSSR count). The Morgan fingerprint density at radius 2 is 0.837 bits per heavy atom. The maximum atomic E-state index is 5.75. The zero-order chi connectivity index (χ0) is 70.0. The summed E-state index contributed by atoms with van der Waals surface area (Å²) in [5.41, 5.74) is 8.49. The summed E-state index contributed by atoms with van der Waals surface area (Å²) in [6.45, 7) is 102. The van der Waals surface area contributed by atoms with Crippen molar-refractivity contribution in [2.24, 2.45) is 21.1 Å². The molecular formula is C72H160N14+2. The first-order chi connectivity index (χ1) is 37.2. The lowest BCUT2D eigenvalue weighted by atomic mass is 9.97. The Kier molecular flexibility index (Phi) is 39.7. The van der Waals surface area contributed by atoms with Crippen LogP contribution in [0.25, 0.3) is 0 Å². The van der Waals surface area contributed by atoms with Gasteiger partial charge in [0.25, 0.3) is 0 Å². The number of nitrogens with one attached hydrogen (secondary N) is 7. The van der Waals surface area contributed by atoms with Crippen molar-refractivity contribution in [2.75, 3.05) is 52.4 Å². The van der Waals surface area contributed by atoms with Crippen LogP contribution >= 0.6 is 0 Å². The van der Waals surface area contributed by atoms with E-state index in [9.17, 15) is 0 Å². The second kappa shape index (κ2) is 37.0. The fraction of sp³-hybridized carbons (Fsp3) is 0.917. The Labute approximate surface area is 539 Å². The van der Waals surface area contributed by atoms with Crippen molar-refractivity contribution < 1.29 is 9.14 Å². The molecule has 1 aliphatic rings. The van der Waals surface area contributed by atoms with E-state index in [4.69, 9.17) is 5.73 Å². The number of nitrogens with zero attached hydrogens (tertiary/aromatic N) is 6. The van der Waals surface area contributed by atoms with E-state index in [1.165, 1.54) is 6.42 Å². The summed E-state index contributed by atoms with van der Waals surface area (Å²) in [5, 5.41) is 23.9. The third-order valence-electron chi connectivity index (χ3n) is 11.2. The molecule has 0 unspecified atom stereocenters. The fourth-order valence-corrected chi connectivity index (χ4v) is 7.44. The monoisotopic (exact) mass is 1220 g/mol. The van der Waals surface area contributed by atoms with Crippen LogP contribution in [0.5, 0.6) is 0 Å². The van der Waals surface area contributed by atoms with Gasteiger partial charge in [-0.05, 0) is 302 Å². The number of aliphatic imine (C=N–C) groups is 2. The number of aromatic nitrogens is 2. The number of rotatable bonds is 10. The molecule has 0 bridgehead atoms. The summed E-state index contributed by atoms with van der Waals surface area (Å²) in [4.78, 5) is 11.2. The van der Waals surface area contributed by atoms with Crippen molar-refractivity contribution >= 4 is 18.0 Å². The normalized spacial score (nSPS) is 14.7. The predicted molar refractivity (Wildman–Crippen MR) is 390 cm³/mol. The van der Waals surface area contributed by atoms with Crippen molar-refractivity contribution in [3.8, 4) is 0 Å². The molecule has 0 aliphatic carbocycles. The third-order valence-corrected chi connectivity index (χ3v) is 11.2. The van der Waals surface area contributed by atoms with E-state index in [0.29, 0.717) is 12.4 Å². The van der Waals surface area contributed by atoms with Crippen LogP contribution < -0.4 is 47.5 Å². The topological polar surface area (TPSA) is 150 Å². The molecule has 14 heteroatoms. The van der Waals surface area contributed by atoms with Crippen LogP contribution in [0.15, 0.2) is 28.7 Å². The molecule has 0 saturated heterocycles. The van der Waals surface area contributed by atoms with Crippen molar-refractivity contribution in [1.29, 1.82) is 0 Å². The molecular weight excluding hydrogens is 1060 g/mol. The van der Waals surface area contributed by atoms with E-state index in [2.05, 4.69) is 361 Å². The van der Waals surface area contributed by atoms with Gasteiger partial charge in [-0.1, -0.05) is 20.8 Å². The van der Waals surface area contributed by atoms with E-state index in [1.807, 2.05) is 27.7 Å². The van der Waals surface area contributed by atoms with Gasteiger partial charge in [0.15, 0.2) is 0 Å². The molecule has 2 heterocycles. The zero-order valence-electron chi connectivity index (χ0n) is 66.4. The quantitative estimate of drug-likeness (QED) is 0.0496. The smallest absolute Gasteiger partial charge is 0.244 e. The highest BCUT2D eigenvalue weighted by Crippen LogP contribution is 2.18. The largest absolute Gasteiger partial charge is 0.386 e. The fourth-order valence-electron chi connectivity index (χ4n) is 7.44. The van der Waals surface area contributed by atoms with Gasteiger partial charge in [0, 0.05) is 63.9 Å². The third kappa shape index (κ3) is 70.5. The molecule has 0 saturated carbocycles. The molecule has 0 spiro atoms. The molecule has 1 aromatic rings. The predicted octanol–water partition coefficient (Wildman–Crippen LogP) is 14.7. The molecule has 516 valence electrons. The maximum Gasteiger partial charge on any atom is 0.244 e. The second-order valence-electron chi connectivity index (χ2n) is 38.3. The molecule has 0 atom stereocenters. The van der Waals surface area contributed by atoms with Crippen LogP contribution in [0.3, 0.4) is 0 Å². The van der Waals surface area contributed by atoms with E-state index in [1.54, 1.807) is 0 Å². The molecule has 9 N–H and O–H groups in total. The molecule has 0 amide bonds. The average Bonchev–Trinajstić information content (AvgIpc) is 3.91. The summed E-state index contributed by atoms with van der Waals surface area (Å²) < 4.78 is 6.88. The minimum Gasteiger partial charge on any atom is -0.386 e. The highest BCUT2D eigenvalue weighted by Gasteiger charge is 2.34. The Balaban J connectivity index is -0.000000298. The standard InChI is InChI=1S/C11H23N2.C11H21N2.C11H24N2.C11H26N2.C10H23N3.C10H24N2.C8H19N/c2*1-10(2,3)12-7-8-13(9-12)11(4,5)6;1-9(13-11(5,6)7)12-8-10(2,3)4;1-10(2,3)12-8-7-9-13-11(4,5)6;1-9(2,3)12-7-8(11)13-10(4,5)6;1-9(2,3)11-7-8-12-10(4,5)6;1-7(2,3)9-8(4,5)6/h9H,7-8H2,1-6H3;7-9H,1-6H3;8H2,1-7H3,(H,12,13);12-13H,7-9H2,1-6H3;12H,7H2,1-6H3,(H2,11,13);11-12H,7-8H2,1-6H3;9H,1-6H3/q2*+1;;;;;. The number of imidazole rings is 1. The molecule has 0 fully saturated rings. The Hall–Kier alpha value is -2.62. The van der Waals surface area contributed by atoms with Gasteiger partial charge in [-0.3, -0.25) is 19.5 Å². The lowest BCUT2D eigenvalue weighted by Crippen LogP contribution is -2.48. The SMILES string of the molecule is CC(=NCC(C)(C)C)NC(C)(C)C.CC(C)(C)N1C=[N+](C(C)(C)C)CC1.CC(C)(C)N=C(N)CNC(C)(C)C.CC(C)(C)NC(C)(C)C.CC(C)(C)NCCCNC(C)(C)C.CC(C)(C)NCCNC(C)(C)C.CC(C)(C)n1cc[n+](C(C)(C)C)c1. The minimum atomic E-state index is -0.0797. The zero-order valence-corrected chi connectivity index (χ0v) is 66.4. The number of amidine groups is 2. The van der Waals surface area contributed by atoms with Crippen LogP contribution in [-0.4, -0.2) is 145 Å². The highest BCUT2D eigenvalue weighted by molar-refractivity contribution is 5.82. The summed E-state index contributed by atoms with van der Waals surface area (Å²) in [6.07, 6.45) is 9.89. The van der Waals surface area contributed by atoms with E-state index < -0.39 is 0 Å². The van der Waals surface area contributed by atoms with Crippen LogP contribution in [0.1, 0.15) is 304 Å². The van der Waals surface area contributed by atoms with Gasteiger partial charge in [-0.15, -0.1) is 0 Å². The molecule has 0 aromatic carbocycles. The van der Waals surface area contributed by atoms with Crippen molar-refractivity contribution in [3.63, 3.8) is 0 Å². The summed E-state index contributed by atoms with van der Waals surface area (Å²) in [6, 6.07) is 0. The number of hydrogen-bond acceptors (Lipinski definition) is 9. The summed E-state index contributed by atoms with van der Waals surface area (Å²) in [5.74, 6) is 1.70. The van der Waals surface area contributed by atoms with Crippen LogP contribution in [0.4, 0.5) is 0 Å². The summed E-state index contributed by atoms with van der Waals surface area (Å²) in [7, 11) is 0. The summed E-state index contributed by atoms with van der Waals surface area (Å²) >= 11 is 0. The minimum absolute atomic E-state index is 0.0797. The second-order valence-corrected chi connectivity index (χ2v) is 38.3. The van der Waals surface area contributed by atoms with Gasteiger partial charge in [-0.25, -0.2) is 9.13 Å². The van der Waals surface area contributed by atoms with E-state index in [0.717, 1.165) is 51.6 Å². The van der Waals surface area contributed by atoms with Crippen molar-refractivity contribution in [2.45, 2.75) is 376 Å². The lowest BCUT2D eigenvalue weighted by molar-refractivity contribution is -0.753. The van der Waals surface area contributed by atoms with Crippen LogP contribution in [-0.2, 0) is 11.1 Å². The molecule has 1 aliphatic heterocycles. The highest BCUT2D eigenvalue weighted by atomic mass is 15.3. The first-order valence-electron chi connectivity index (χ1n) is 32.9. The van der Waals surface area contributed by atoms with Gasteiger partial charge < -0.3 is 43.0 Å². The van der Waals surface area contributed by atoms with Gasteiger partial charge in [0.2, 0.25) is 12.7 Å². The maximum absolute atomic E-state index is 5.75. The van der Waals surface area contributed by atoms with Gasteiger partial charge in [-0.2, -0.15) is 0 Å². The number of hydrogen-bond donors (Lipinski definition) is 8. The first kappa shape index (κ1) is 92.1. The first-order valence-corrected chi connectivity index (χ1v) is 32.9. The van der Waals surface area contributed by atoms with Gasteiger partial charge >= 0.3 is 0 Å². The molecule has 1 aromatic heterocycles. The number of nitrogens with two attached hydrogens (primary N) is 1. The van der Waals surface area contributed by atoms with E-state index in [-0.39, 0.29) is 77.4 Å². The van der Waals surface area contributed by atoms with Gasteiger partial charge in [0.1, 0.15) is 42.4 Å². The van der Waals surface area contributed by atoms with E-state index >= 15 is 0 Å². The molecule has 14 nitrogen and oxygen atoms in total. The Morgan fingerprint density at radius 3 is 1.06 bits per heavy atom. The molecule has 0 radical (unpaired) electrons. The van der Waals surface area contributed by atoms with Crippen LogP contribution in [0.2, 0.25) is 0 Å².